The van der Waals surface area contributed by atoms with Gasteiger partial charge in [0, 0.05) is 6.50 Å². The number of rotatable bonds is 3. The Bertz CT molecular complexity index is 454. The smallest absolute Gasteiger partial charge is 0.194 e. The van der Waals surface area contributed by atoms with Crippen LogP contribution in [0.4, 0.5) is 0 Å². The normalized spacial score (nSPS) is 15.0. The average molecular weight is 207 g/mol. The van der Waals surface area contributed by atoms with Gasteiger partial charge in [-0.2, -0.15) is 0 Å². The molecule has 80 valence electrons. The molecule has 0 fully saturated rings. The van der Waals surface area contributed by atoms with Crippen molar-refractivity contribution in [3.8, 4) is 0 Å². The summed E-state index contributed by atoms with van der Waals surface area (Å²) in [5.74, 6) is -0.0183. The number of nitrogens with zero attached hydrogens (tertiary/aromatic N) is 1. The minimum absolute atomic E-state index is 0.0622. The number of aryl methyl sites for hydroxylation is 1. The molecule has 0 saturated carbocycles. The molecule has 0 heterocycles. The Balaban J connectivity index is 2.75. The third kappa shape index (κ3) is 4.81. The van der Waals surface area contributed by atoms with Gasteiger partial charge in [-0.25, -0.2) is 0 Å². The van der Waals surface area contributed by atoms with Crippen LogP contribution in [0.5, 0.6) is 0 Å². The number of aliphatic imine (C=N–C) groups is 1. The van der Waals surface area contributed by atoms with Crippen molar-refractivity contribution < 1.29 is 4.11 Å². The first-order chi connectivity index (χ1) is 8.28. The summed E-state index contributed by atoms with van der Waals surface area (Å²) >= 11 is 0. The molecule has 0 saturated heterocycles. The van der Waals surface area contributed by atoms with Crippen LogP contribution in [0.15, 0.2) is 35.3 Å². The van der Waals surface area contributed by atoms with Gasteiger partial charge in [0.15, 0.2) is 5.96 Å². The van der Waals surface area contributed by atoms with Crippen molar-refractivity contribution in [2.75, 3.05) is 6.50 Å². The van der Waals surface area contributed by atoms with E-state index in [1.54, 1.807) is 24.3 Å². The van der Waals surface area contributed by atoms with Crippen LogP contribution in [0.3, 0.4) is 0 Å². The van der Waals surface area contributed by atoms with Gasteiger partial charge in [-0.15, -0.1) is 0 Å². The molecule has 4 nitrogen and oxygen atoms in total. The molecular weight excluding hydrogens is 188 g/mol. The molecule has 4 N–H and O–H groups in total. The van der Waals surface area contributed by atoms with Crippen molar-refractivity contribution in [1.82, 2.24) is 5.32 Å². The quantitative estimate of drug-likeness (QED) is 0.513. The second-order valence-corrected chi connectivity index (χ2v) is 2.99. The summed E-state index contributed by atoms with van der Waals surface area (Å²) < 4.78 is 22.8. The Morgan fingerprint density at radius 2 is 2.33 bits per heavy atom. The van der Waals surface area contributed by atoms with Crippen LogP contribution < -0.4 is 11.1 Å². The van der Waals surface area contributed by atoms with Gasteiger partial charge in [-0.05, 0) is 18.9 Å². The average Bonchev–Trinajstić information content (AvgIpc) is 2.18. The fraction of sp³-hybridized carbons (Fsp3) is 0.273. The fourth-order valence-electron chi connectivity index (χ4n) is 0.975. The molecule has 0 aliphatic rings. The molecular formula is C11H16N4. The van der Waals surface area contributed by atoms with Crippen molar-refractivity contribution in [2.45, 2.75) is 13.3 Å². The number of benzene rings is 1. The van der Waals surface area contributed by atoms with Crippen LogP contribution in [0, 0.1) is 5.41 Å². The maximum Gasteiger partial charge on any atom is 0.194 e. The van der Waals surface area contributed by atoms with E-state index in [1.165, 1.54) is 6.92 Å². The van der Waals surface area contributed by atoms with E-state index in [4.69, 9.17) is 15.3 Å². The minimum atomic E-state index is -1.85. The predicted molar refractivity (Wildman–Crippen MR) is 63.2 cm³/mol. The summed E-state index contributed by atoms with van der Waals surface area (Å²) in [6, 6.07) is 6.93. The topological polar surface area (TPSA) is 74.3 Å². The fourth-order valence-corrected chi connectivity index (χ4v) is 0.975. The number of guanidine groups is 1. The minimum Gasteiger partial charge on any atom is -0.370 e. The second-order valence-electron chi connectivity index (χ2n) is 2.99. The summed E-state index contributed by atoms with van der Waals surface area (Å²) in [4.78, 5) is 3.70. The Morgan fingerprint density at radius 1 is 1.67 bits per heavy atom. The maximum atomic E-state index is 7.73. The SMILES string of the molecule is [2H]c1ccc(CC([2H])([2H])N=C(N)NC(C)=N)cc1. The van der Waals surface area contributed by atoms with E-state index in [2.05, 4.69) is 10.3 Å². The zero-order valence-electron chi connectivity index (χ0n) is 11.5. The number of nitrogens with two attached hydrogens (primary N) is 1. The van der Waals surface area contributed by atoms with Gasteiger partial charge in [0.25, 0.3) is 0 Å². The summed E-state index contributed by atoms with van der Waals surface area (Å²) in [5, 5.41) is 9.60. The standard InChI is InChI=1S/C11H16N4/c1-9(12)15-11(13)14-8-7-10-5-3-2-4-6-10/h2-6H,7-8H2,1H3,(H4,12,13,14,15)/i2D,8D2. The van der Waals surface area contributed by atoms with Crippen molar-refractivity contribution >= 4 is 11.8 Å². The lowest BCUT2D eigenvalue weighted by molar-refractivity contribution is 0.955. The molecule has 0 atom stereocenters. The first kappa shape index (κ1) is 7.45. The molecule has 1 rings (SSSR count). The lowest BCUT2D eigenvalue weighted by Crippen LogP contribution is -2.35. The van der Waals surface area contributed by atoms with Gasteiger partial charge in [0.05, 0.1) is 9.95 Å². The van der Waals surface area contributed by atoms with Crippen LogP contribution in [0.25, 0.3) is 0 Å². The largest absolute Gasteiger partial charge is 0.370 e. The van der Waals surface area contributed by atoms with E-state index in [0.29, 0.717) is 6.04 Å². The molecule has 0 aliphatic heterocycles. The molecule has 0 aromatic heterocycles. The Kier molecular flexibility index (Phi) is 2.88. The summed E-state index contributed by atoms with van der Waals surface area (Å²) in [7, 11) is 0. The predicted octanol–water partition coefficient (Wildman–Crippen LogP) is 1.13. The van der Waals surface area contributed by atoms with E-state index in [1.807, 2.05) is 0 Å². The number of hydrogen-bond donors (Lipinski definition) is 3. The zero-order chi connectivity index (χ0) is 13.8. The van der Waals surface area contributed by atoms with Gasteiger partial charge in [0.1, 0.15) is 0 Å². The highest BCUT2D eigenvalue weighted by atomic mass is 15.1. The Labute approximate surface area is 93.9 Å². The van der Waals surface area contributed by atoms with E-state index < -0.39 is 6.50 Å². The monoisotopic (exact) mass is 207 g/mol. The maximum absolute atomic E-state index is 7.73. The van der Waals surface area contributed by atoms with E-state index in [9.17, 15) is 0 Å². The van der Waals surface area contributed by atoms with Crippen LogP contribution in [-0.4, -0.2) is 18.3 Å². The summed E-state index contributed by atoms with van der Waals surface area (Å²) in [6.07, 6.45) is 0.0622. The number of nitrogens with one attached hydrogen (secondary N) is 2. The molecule has 0 aliphatic carbocycles. The molecule has 0 bridgehead atoms. The van der Waals surface area contributed by atoms with Crippen LogP contribution in [0.2, 0.25) is 0 Å². The third-order valence-corrected chi connectivity index (χ3v) is 1.59. The number of hydrogen-bond acceptors (Lipinski definition) is 2. The second kappa shape index (κ2) is 5.80. The molecule has 1 aromatic carbocycles. The van der Waals surface area contributed by atoms with Gasteiger partial charge in [-0.3, -0.25) is 10.4 Å². The Hall–Kier alpha value is -1.84. The summed E-state index contributed by atoms with van der Waals surface area (Å²) in [5.41, 5.74) is 6.20. The van der Waals surface area contributed by atoms with Crippen molar-refractivity contribution in [3.05, 3.63) is 35.9 Å². The first-order valence-corrected chi connectivity index (χ1v) is 4.51. The van der Waals surface area contributed by atoms with Gasteiger partial charge in [-0.1, -0.05) is 30.3 Å². The highest BCUT2D eigenvalue weighted by Crippen LogP contribution is 1.98. The number of amidine groups is 1. The lowest BCUT2D eigenvalue weighted by Gasteiger charge is -2.02. The van der Waals surface area contributed by atoms with Gasteiger partial charge < -0.3 is 11.1 Å². The van der Waals surface area contributed by atoms with E-state index in [-0.39, 0.29) is 18.2 Å². The molecule has 0 spiro atoms. The van der Waals surface area contributed by atoms with Gasteiger partial charge in [0.2, 0.25) is 0 Å². The van der Waals surface area contributed by atoms with Crippen molar-refractivity contribution in [1.29, 1.82) is 5.41 Å². The molecule has 15 heavy (non-hydrogen) atoms. The third-order valence-electron chi connectivity index (χ3n) is 1.59. The van der Waals surface area contributed by atoms with Gasteiger partial charge >= 0.3 is 0 Å². The summed E-state index contributed by atoms with van der Waals surface area (Å²) in [6.45, 7) is -0.360. The van der Waals surface area contributed by atoms with Crippen LogP contribution in [0.1, 0.15) is 16.6 Å². The van der Waals surface area contributed by atoms with Crippen LogP contribution >= 0.6 is 0 Å². The lowest BCUT2D eigenvalue weighted by atomic mass is 10.2. The van der Waals surface area contributed by atoms with Crippen molar-refractivity contribution in [2.24, 2.45) is 10.7 Å². The van der Waals surface area contributed by atoms with Crippen molar-refractivity contribution in [3.63, 3.8) is 0 Å². The molecule has 0 radical (unpaired) electrons. The first-order valence-electron chi connectivity index (χ1n) is 6.01. The zero-order valence-corrected chi connectivity index (χ0v) is 8.54. The molecule has 4 heteroatoms. The highest BCUT2D eigenvalue weighted by Gasteiger charge is 1.92. The molecule has 0 amide bonds. The highest BCUT2D eigenvalue weighted by molar-refractivity contribution is 5.96. The molecule has 1 aromatic rings. The van der Waals surface area contributed by atoms with E-state index >= 15 is 0 Å². The van der Waals surface area contributed by atoms with Crippen LogP contribution in [-0.2, 0) is 6.42 Å². The Morgan fingerprint density at radius 3 is 2.93 bits per heavy atom. The molecule has 0 unspecified atom stereocenters. The van der Waals surface area contributed by atoms with E-state index in [0.717, 1.165) is 5.56 Å².